The van der Waals surface area contributed by atoms with Gasteiger partial charge >= 0.3 is 44.9 Å². The number of nitrogens with zero attached hydrogens (tertiary/aromatic N) is 1. The molecule has 0 heterocycles. The van der Waals surface area contributed by atoms with Gasteiger partial charge in [-0.2, -0.15) is 70.2 Å². The van der Waals surface area contributed by atoms with E-state index in [1.54, 1.807) is 9.05 Å². The molecule has 0 saturated heterocycles. The smallest absolute Gasteiger partial charge is 0.240 e. The monoisotopic (exact) mass is 469 g/mol. The fourth-order valence-electron chi connectivity index (χ4n) is 0.915. The molecule has 0 radical (unpaired) electrons. The Balaban J connectivity index is 6.62. The van der Waals surface area contributed by atoms with Crippen molar-refractivity contribution in [3.05, 3.63) is 0 Å². The van der Waals surface area contributed by atoms with E-state index in [0.29, 0.717) is 0 Å². The molecular weight excluding hydrogens is 469 g/mol. The van der Waals surface area contributed by atoms with Crippen molar-refractivity contribution in [1.29, 1.82) is 0 Å². The largest absolute Gasteiger partial charge is 0.483 e. The van der Waals surface area contributed by atoms with Gasteiger partial charge in [-0.1, -0.05) is 0 Å². The summed E-state index contributed by atoms with van der Waals surface area (Å²) in [6.45, 7) is 0. The third-order valence-electron chi connectivity index (χ3n) is 1.85. The number of alkyl halides is 16. The highest BCUT2D eigenvalue weighted by Crippen LogP contribution is 2.67. The van der Waals surface area contributed by atoms with Gasteiger partial charge < -0.3 is 0 Å². The van der Waals surface area contributed by atoms with Crippen LogP contribution >= 0.6 is 7.75 Å². The molecule has 21 heteroatoms. The van der Waals surface area contributed by atoms with Crippen LogP contribution < -0.4 is 0 Å². The zero-order chi connectivity index (χ0) is 22.5. The van der Waals surface area contributed by atoms with Crippen LogP contribution in [0.1, 0.15) is 0 Å². The van der Waals surface area contributed by atoms with Gasteiger partial charge in [0.15, 0.2) is 0 Å². The molecule has 4 nitrogen and oxygen atoms in total. The van der Waals surface area contributed by atoms with E-state index in [1.165, 1.54) is 0 Å². The molecule has 0 bridgehead atoms. The third kappa shape index (κ3) is 5.98. The highest BCUT2D eigenvalue weighted by Gasteiger charge is 2.75. The van der Waals surface area contributed by atoms with Gasteiger partial charge in [0.05, 0.1) is 0 Å². The van der Waals surface area contributed by atoms with Gasteiger partial charge in [-0.15, -0.1) is 0 Å². The average Bonchev–Trinajstić information content (AvgIpc) is 2.16. The Bertz CT molecular complexity index is 525. The lowest BCUT2D eigenvalue weighted by Crippen LogP contribution is -2.51. The van der Waals surface area contributed by atoms with Crippen molar-refractivity contribution in [1.82, 2.24) is 4.67 Å². The topological polar surface area (TPSA) is 38.8 Å². The minimum absolute atomic E-state index is 1.62. The Kier molecular flexibility index (Phi) is 6.55. The number of hydrogen-bond donors (Lipinski definition) is 0. The molecule has 0 spiro atoms. The highest BCUT2D eigenvalue weighted by atomic mass is 31.2. The first-order valence-electron chi connectivity index (χ1n) is 5.13. The van der Waals surface area contributed by atoms with Crippen molar-refractivity contribution in [2.75, 3.05) is 0 Å². The first-order valence-corrected chi connectivity index (χ1v) is 6.62. The van der Waals surface area contributed by atoms with Crippen LogP contribution in [-0.2, 0) is 13.6 Å². The van der Waals surface area contributed by atoms with Crippen LogP contribution in [0, 0.1) is 0 Å². The molecule has 0 rings (SSSR count). The summed E-state index contributed by atoms with van der Waals surface area (Å²) >= 11 is 0. The van der Waals surface area contributed by atoms with E-state index in [-0.39, 0.29) is 0 Å². The van der Waals surface area contributed by atoms with E-state index in [9.17, 15) is 74.8 Å². The average molecular weight is 469 g/mol. The third-order valence-corrected chi connectivity index (χ3v) is 3.71. The first kappa shape index (κ1) is 26.0. The van der Waals surface area contributed by atoms with Gasteiger partial charge in [0.2, 0.25) is 0 Å². The zero-order valence-electron chi connectivity index (χ0n) is 11.2. The van der Waals surface area contributed by atoms with E-state index >= 15 is 0 Å². The van der Waals surface area contributed by atoms with Crippen molar-refractivity contribution in [2.45, 2.75) is 37.2 Å². The van der Waals surface area contributed by atoms with Crippen molar-refractivity contribution in [2.24, 2.45) is 0 Å². The molecule has 0 N–H and O–H groups in total. The lowest BCUT2D eigenvalue weighted by Gasteiger charge is -2.35. The molecule has 0 saturated carbocycles. The van der Waals surface area contributed by atoms with Crippen molar-refractivity contribution >= 4 is 7.75 Å². The van der Waals surface area contributed by atoms with Crippen LogP contribution in [-0.4, -0.2) is 41.8 Å². The van der Waals surface area contributed by atoms with Gasteiger partial charge in [0.1, 0.15) is 0 Å². The lowest BCUT2D eigenvalue weighted by molar-refractivity contribution is -0.399. The second-order valence-electron chi connectivity index (χ2n) is 3.93. The summed E-state index contributed by atoms with van der Waals surface area (Å²) in [5.74, 6) is 0. The normalized spacial score (nSPS) is 16.2. The minimum atomic E-state index is -8.87. The lowest BCUT2D eigenvalue weighted by atomic mass is 10.6. The molecular formula is C6F16NO3P. The van der Waals surface area contributed by atoms with E-state index < -0.39 is 49.6 Å². The van der Waals surface area contributed by atoms with Gasteiger partial charge in [-0.25, -0.2) is 13.6 Å². The van der Waals surface area contributed by atoms with Crippen LogP contribution in [0.4, 0.5) is 70.2 Å². The van der Waals surface area contributed by atoms with Gasteiger partial charge in [0.25, 0.3) is 0 Å². The molecule has 0 aliphatic carbocycles. The van der Waals surface area contributed by atoms with Crippen LogP contribution in [0.2, 0.25) is 0 Å². The van der Waals surface area contributed by atoms with Gasteiger partial charge in [0, 0.05) is 0 Å². The molecule has 164 valence electrons. The standard InChI is InChI=1S/C6F16NO3P/c7-1(8,9)3(13,14)25-27(24,26-4(15,16)2(10,11)12)23(5(17,18)19)6(20,21)22. The van der Waals surface area contributed by atoms with Crippen LogP contribution in [0.15, 0.2) is 0 Å². The highest BCUT2D eigenvalue weighted by molar-refractivity contribution is 7.51. The predicted octanol–water partition coefficient (Wildman–Crippen LogP) is 5.78. The summed E-state index contributed by atoms with van der Waals surface area (Å²) in [7, 11) is -8.87. The molecule has 0 aliphatic rings. The summed E-state index contributed by atoms with van der Waals surface area (Å²) in [6.07, 6.45) is -44.2. The van der Waals surface area contributed by atoms with Crippen molar-refractivity contribution in [3.8, 4) is 0 Å². The number of halogens is 16. The maximum atomic E-state index is 12.5. The summed E-state index contributed by atoms with van der Waals surface area (Å²) in [6, 6.07) is 0. The molecule has 27 heavy (non-hydrogen) atoms. The summed E-state index contributed by atoms with van der Waals surface area (Å²) < 4.78 is 205. The summed E-state index contributed by atoms with van der Waals surface area (Å²) in [4.78, 5) is 0. The van der Waals surface area contributed by atoms with Crippen LogP contribution in [0.5, 0.6) is 0 Å². The summed E-state index contributed by atoms with van der Waals surface area (Å²) in [5, 5.41) is 0. The molecule has 0 aromatic rings. The van der Waals surface area contributed by atoms with Crippen molar-refractivity contribution < 1.29 is 83.9 Å². The Morgan fingerprint density at radius 3 is 0.889 bits per heavy atom. The van der Waals surface area contributed by atoms with E-state index in [1.807, 2.05) is 0 Å². The molecule has 0 fully saturated rings. The van der Waals surface area contributed by atoms with E-state index in [2.05, 4.69) is 0 Å². The Morgan fingerprint density at radius 2 is 0.741 bits per heavy atom. The SMILES string of the molecule is O=P(OC(F)(F)C(F)(F)F)(OC(F)(F)C(F)(F)F)N(C(F)(F)F)C(F)(F)F. The molecule has 0 aromatic carbocycles. The quantitative estimate of drug-likeness (QED) is 0.291. The van der Waals surface area contributed by atoms with Crippen LogP contribution in [0.25, 0.3) is 0 Å². The van der Waals surface area contributed by atoms with Gasteiger partial charge in [-0.05, 0) is 4.67 Å². The molecule has 0 aliphatic heterocycles. The first-order chi connectivity index (χ1) is 11.3. The maximum absolute atomic E-state index is 12.5. The molecule has 0 aromatic heterocycles. The van der Waals surface area contributed by atoms with Gasteiger partial charge in [-0.3, -0.25) is 0 Å². The fraction of sp³-hybridized carbons (Fsp3) is 1.00. The Hall–Kier alpha value is -1.01. The second kappa shape index (κ2) is 6.80. The Labute approximate surface area is 135 Å². The number of rotatable bonds is 5. The van der Waals surface area contributed by atoms with E-state index in [4.69, 9.17) is 0 Å². The number of hydrogen-bond acceptors (Lipinski definition) is 3. The molecule has 0 amide bonds. The summed E-state index contributed by atoms with van der Waals surface area (Å²) in [5.41, 5.74) is 0. The Morgan fingerprint density at radius 1 is 0.519 bits per heavy atom. The predicted molar refractivity (Wildman–Crippen MR) is 45.7 cm³/mol. The zero-order valence-corrected chi connectivity index (χ0v) is 12.1. The van der Waals surface area contributed by atoms with Crippen LogP contribution in [0.3, 0.4) is 0 Å². The van der Waals surface area contributed by atoms with Crippen molar-refractivity contribution in [3.63, 3.8) is 0 Å². The molecule has 0 atom stereocenters. The fourth-order valence-corrected chi connectivity index (χ4v) is 2.46. The van der Waals surface area contributed by atoms with E-state index in [0.717, 1.165) is 0 Å². The second-order valence-corrected chi connectivity index (χ2v) is 5.63. The maximum Gasteiger partial charge on any atom is 0.483 e. The molecule has 0 unspecified atom stereocenters. The minimum Gasteiger partial charge on any atom is -0.240 e.